The predicted octanol–water partition coefficient (Wildman–Crippen LogP) is 3.63. The van der Waals surface area contributed by atoms with Crippen molar-refractivity contribution in [2.45, 2.75) is 26.7 Å². The SMILES string of the molecule is CC#CCCC(=O)c1ccc(C)c(Cl)c1. The van der Waals surface area contributed by atoms with Crippen molar-refractivity contribution in [1.29, 1.82) is 0 Å². The Bertz CT molecular complexity index is 424. The quantitative estimate of drug-likeness (QED) is 0.562. The highest BCUT2D eigenvalue weighted by molar-refractivity contribution is 6.31. The summed E-state index contributed by atoms with van der Waals surface area (Å²) in [6, 6.07) is 5.39. The molecule has 0 bridgehead atoms. The molecule has 15 heavy (non-hydrogen) atoms. The molecule has 1 rings (SSSR count). The first-order chi connectivity index (χ1) is 7.15. The smallest absolute Gasteiger partial charge is 0.163 e. The van der Waals surface area contributed by atoms with Crippen LogP contribution in [-0.2, 0) is 0 Å². The van der Waals surface area contributed by atoms with Gasteiger partial charge in [0.1, 0.15) is 0 Å². The monoisotopic (exact) mass is 220 g/mol. The minimum atomic E-state index is 0.0969. The largest absolute Gasteiger partial charge is 0.294 e. The summed E-state index contributed by atoms with van der Waals surface area (Å²) in [4.78, 5) is 11.7. The van der Waals surface area contributed by atoms with Gasteiger partial charge in [-0.25, -0.2) is 0 Å². The molecule has 78 valence electrons. The standard InChI is InChI=1S/C13H13ClO/c1-3-4-5-6-13(15)11-8-7-10(2)12(14)9-11/h7-9H,5-6H2,1-2H3. The molecule has 2 heteroatoms. The van der Waals surface area contributed by atoms with Crippen LogP contribution in [0.3, 0.4) is 0 Å². The number of Topliss-reactive ketones (excluding diaryl/α,β-unsaturated/α-hetero) is 1. The first kappa shape index (κ1) is 11.8. The molecule has 0 aromatic heterocycles. The number of rotatable bonds is 3. The molecule has 0 saturated heterocycles. The van der Waals surface area contributed by atoms with Crippen molar-refractivity contribution >= 4 is 17.4 Å². The summed E-state index contributed by atoms with van der Waals surface area (Å²) in [5.74, 6) is 5.73. The fourth-order valence-corrected chi connectivity index (χ4v) is 1.39. The zero-order chi connectivity index (χ0) is 11.3. The molecule has 0 aliphatic rings. The lowest BCUT2D eigenvalue weighted by atomic mass is 10.1. The highest BCUT2D eigenvalue weighted by Gasteiger charge is 2.06. The van der Waals surface area contributed by atoms with Gasteiger partial charge in [0.25, 0.3) is 0 Å². The number of ketones is 1. The third kappa shape index (κ3) is 3.42. The molecular weight excluding hydrogens is 208 g/mol. The Morgan fingerprint density at radius 2 is 2.20 bits per heavy atom. The number of aryl methyl sites for hydroxylation is 1. The normalized spacial score (nSPS) is 9.27. The Morgan fingerprint density at radius 3 is 2.80 bits per heavy atom. The maximum Gasteiger partial charge on any atom is 0.163 e. The summed E-state index contributed by atoms with van der Waals surface area (Å²) < 4.78 is 0. The van der Waals surface area contributed by atoms with Gasteiger partial charge in [0.15, 0.2) is 5.78 Å². The van der Waals surface area contributed by atoms with Crippen LogP contribution in [0.5, 0.6) is 0 Å². The van der Waals surface area contributed by atoms with Crippen LogP contribution in [0.2, 0.25) is 5.02 Å². The molecule has 0 aliphatic carbocycles. The summed E-state index contributed by atoms with van der Waals surface area (Å²) >= 11 is 5.94. The van der Waals surface area contributed by atoms with Crippen molar-refractivity contribution < 1.29 is 4.79 Å². The van der Waals surface area contributed by atoms with Crippen LogP contribution in [-0.4, -0.2) is 5.78 Å². The number of hydrogen-bond donors (Lipinski definition) is 0. The van der Waals surface area contributed by atoms with E-state index in [-0.39, 0.29) is 5.78 Å². The third-order valence-corrected chi connectivity index (χ3v) is 2.55. The van der Waals surface area contributed by atoms with Crippen molar-refractivity contribution in [3.05, 3.63) is 34.3 Å². The minimum absolute atomic E-state index is 0.0969. The van der Waals surface area contributed by atoms with Crippen LogP contribution in [0.4, 0.5) is 0 Å². The maximum absolute atomic E-state index is 11.7. The van der Waals surface area contributed by atoms with Crippen molar-refractivity contribution in [1.82, 2.24) is 0 Å². The highest BCUT2D eigenvalue weighted by Crippen LogP contribution is 2.17. The van der Waals surface area contributed by atoms with Crippen LogP contribution in [0.25, 0.3) is 0 Å². The van der Waals surface area contributed by atoms with E-state index in [9.17, 15) is 4.79 Å². The second kappa shape index (κ2) is 5.58. The zero-order valence-electron chi connectivity index (χ0n) is 8.93. The Labute approximate surface area is 95.5 Å². The van der Waals surface area contributed by atoms with Gasteiger partial charge in [-0.3, -0.25) is 4.79 Å². The third-order valence-electron chi connectivity index (χ3n) is 2.15. The molecule has 0 fully saturated rings. The van der Waals surface area contributed by atoms with Crippen LogP contribution >= 0.6 is 11.6 Å². The van der Waals surface area contributed by atoms with E-state index in [1.165, 1.54) is 0 Å². The van der Waals surface area contributed by atoms with Gasteiger partial charge < -0.3 is 0 Å². The van der Waals surface area contributed by atoms with Crippen LogP contribution in [0.1, 0.15) is 35.7 Å². The second-order valence-corrected chi connectivity index (χ2v) is 3.72. The molecule has 1 nitrogen and oxygen atoms in total. The van der Waals surface area contributed by atoms with Crippen molar-refractivity contribution in [3.8, 4) is 11.8 Å². The summed E-state index contributed by atoms with van der Waals surface area (Å²) in [5, 5.41) is 0.641. The summed E-state index contributed by atoms with van der Waals surface area (Å²) in [6.45, 7) is 3.69. The van der Waals surface area contributed by atoms with Crippen LogP contribution < -0.4 is 0 Å². The number of carbonyl (C=O) groups is 1. The Kier molecular flexibility index (Phi) is 4.39. The van der Waals surface area contributed by atoms with E-state index < -0.39 is 0 Å². The second-order valence-electron chi connectivity index (χ2n) is 3.31. The molecule has 0 radical (unpaired) electrons. The fourth-order valence-electron chi connectivity index (χ4n) is 1.21. The van der Waals surface area contributed by atoms with Crippen molar-refractivity contribution in [2.75, 3.05) is 0 Å². The number of carbonyl (C=O) groups excluding carboxylic acids is 1. The zero-order valence-corrected chi connectivity index (χ0v) is 9.69. The molecule has 0 N–H and O–H groups in total. The fraction of sp³-hybridized carbons (Fsp3) is 0.308. The van der Waals surface area contributed by atoms with Gasteiger partial charge in [-0.1, -0.05) is 23.7 Å². The van der Waals surface area contributed by atoms with E-state index in [0.717, 1.165) is 5.56 Å². The topological polar surface area (TPSA) is 17.1 Å². The Balaban J connectivity index is 2.72. The molecular formula is C13H13ClO. The lowest BCUT2D eigenvalue weighted by Gasteiger charge is -2.01. The van der Waals surface area contributed by atoms with Gasteiger partial charge in [-0.15, -0.1) is 11.8 Å². The van der Waals surface area contributed by atoms with E-state index in [4.69, 9.17) is 11.6 Å². The maximum atomic E-state index is 11.7. The van der Waals surface area contributed by atoms with Gasteiger partial charge in [0, 0.05) is 23.4 Å². The van der Waals surface area contributed by atoms with Crippen molar-refractivity contribution in [2.24, 2.45) is 0 Å². The average Bonchev–Trinajstić information content (AvgIpc) is 2.22. The molecule has 0 heterocycles. The van der Waals surface area contributed by atoms with Crippen LogP contribution in [0.15, 0.2) is 18.2 Å². The van der Waals surface area contributed by atoms with Gasteiger partial charge in [-0.2, -0.15) is 0 Å². The minimum Gasteiger partial charge on any atom is -0.294 e. The summed E-state index contributed by atoms with van der Waals surface area (Å²) in [5.41, 5.74) is 1.66. The van der Waals surface area contributed by atoms with E-state index in [1.807, 2.05) is 19.1 Å². The first-order valence-electron chi connectivity index (χ1n) is 4.84. The van der Waals surface area contributed by atoms with Gasteiger partial charge in [0.2, 0.25) is 0 Å². The van der Waals surface area contributed by atoms with E-state index in [2.05, 4.69) is 11.8 Å². The predicted molar refractivity (Wildman–Crippen MR) is 63.2 cm³/mol. The molecule has 0 saturated carbocycles. The molecule has 0 unspecified atom stereocenters. The Hall–Kier alpha value is -1.26. The van der Waals surface area contributed by atoms with Crippen LogP contribution in [0, 0.1) is 18.8 Å². The number of hydrogen-bond acceptors (Lipinski definition) is 1. The first-order valence-corrected chi connectivity index (χ1v) is 5.22. The van der Waals surface area contributed by atoms with Gasteiger partial charge in [0.05, 0.1) is 0 Å². The molecule has 0 spiro atoms. The molecule has 1 aromatic rings. The number of benzene rings is 1. The number of halogens is 1. The molecule has 0 amide bonds. The summed E-state index contributed by atoms with van der Waals surface area (Å²) in [6.07, 6.45) is 1.07. The molecule has 0 atom stereocenters. The van der Waals surface area contributed by atoms with E-state index in [1.54, 1.807) is 13.0 Å². The lowest BCUT2D eigenvalue weighted by molar-refractivity contribution is 0.0984. The molecule has 0 aliphatic heterocycles. The van der Waals surface area contributed by atoms with E-state index >= 15 is 0 Å². The van der Waals surface area contributed by atoms with Gasteiger partial charge >= 0.3 is 0 Å². The average molecular weight is 221 g/mol. The lowest BCUT2D eigenvalue weighted by Crippen LogP contribution is -1.98. The molecule has 1 aromatic carbocycles. The summed E-state index contributed by atoms with van der Waals surface area (Å²) in [7, 11) is 0. The Morgan fingerprint density at radius 1 is 1.47 bits per heavy atom. The van der Waals surface area contributed by atoms with Crippen molar-refractivity contribution in [3.63, 3.8) is 0 Å². The highest BCUT2D eigenvalue weighted by atomic mass is 35.5. The van der Waals surface area contributed by atoms with Gasteiger partial charge in [-0.05, 0) is 25.5 Å². The van der Waals surface area contributed by atoms with E-state index in [0.29, 0.717) is 23.4 Å².